The maximum Gasteiger partial charge on any atom is 0.161 e. The molecule has 0 aliphatic carbocycles. The van der Waals surface area contributed by atoms with Gasteiger partial charge in [-0.3, -0.25) is 0 Å². The van der Waals surface area contributed by atoms with Crippen molar-refractivity contribution >= 4 is 27.5 Å². The first-order valence-electron chi connectivity index (χ1n) is 4.11. The number of rotatable bonds is 1. The fourth-order valence-electron chi connectivity index (χ4n) is 1.11. The molecule has 15 heavy (non-hydrogen) atoms. The third-order valence-electron chi connectivity index (χ3n) is 1.78. The number of nitrogens with zero attached hydrogens (tertiary/aromatic N) is 2. The lowest BCUT2D eigenvalue weighted by Crippen LogP contribution is -1.90. The minimum Gasteiger partial charge on any atom is -0.235 e. The third kappa shape index (κ3) is 2.33. The Balaban J connectivity index is 2.50. The van der Waals surface area contributed by atoms with Crippen LogP contribution < -0.4 is 0 Å². The summed E-state index contributed by atoms with van der Waals surface area (Å²) in [6.07, 6.45) is 1.54. The van der Waals surface area contributed by atoms with E-state index >= 15 is 0 Å². The molecule has 1 heterocycles. The highest BCUT2D eigenvalue weighted by Gasteiger charge is 2.05. The van der Waals surface area contributed by atoms with Crippen LogP contribution in [0.15, 0.2) is 34.9 Å². The topological polar surface area (TPSA) is 25.8 Å². The van der Waals surface area contributed by atoms with Gasteiger partial charge in [0, 0.05) is 11.8 Å². The van der Waals surface area contributed by atoms with Crippen molar-refractivity contribution in [2.24, 2.45) is 0 Å². The van der Waals surface area contributed by atoms with Crippen molar-refractivity contribution < 1.29 is 4.39 Å². The number of hydrogen-bond donors (Lipinski definition) is 0. The van der Waals surface area contributed by atoms with Crippen LogP contribution in [0.25, 0.3) is 11.4 Å². The van der Waals surface area contributed by atoms with E-state index in [-0.39, 0.29) is 5.82 Å². The summed E-state index contributed by atoms with van der Waals surface area (Å²) in [5.74, 6) is 0.0813. The van der Waals surface area contributed by atoms with Crippen LogP contribution in [0.1, 0.15) is 0 Å². The second kappa shape index (κ2) is 4.24. The van der Waals surface area contributed by atoms with E-state index in [4.69, 9.17) is 11.6 Å². The van der Waals surface area contributed by atoms with E-state index in [9.17, 15) is 4.39 Å². The zero-order chi connectivity index (χ0) is 10.8. The fourth-order valence-corrected chi connectivity index (χ4v) is 1.43. The van der Waals surface area contributed by atoms with Gasteiger partial charge in [0.15, 0.2) is 5.82 Å². The predicted molar refractivity (Wildman–Crippen MR) is 60.1 cm³/mol. The molecule has 0 atom stereocenters. The molecular weight excluding hydrogens is 282 g/mol. The highest BCUT2D eigenvalue weighted by molar-refractivity contribution is 9.10. The Kier molecular flexibility index (Phi) is 2.98. The van der Waals surface area contributed by atoms with Crippen molar-refractivity contribution in [1.29, 1.82) is 0 Å². The molecule has 1 aromatic heterocycles. The van der Waals surface area contributed by atoms with E-state index in [0.29, 0.717) is 21.0 Å². The lowest BCUT2D eigenvalue weighted by molar-refractivity contribution is 0.628. The molecule has 0 N–H and O–H groups in total. The molecular formula is C10H5BrClFN2. The standard InChI is InChI=1S/C10H5BrClFN2/c11-8-5-14-10(15-9(8)12)6-2-1-3-7(13)4-6/h1-5H. The van der Waals surface area contributed by atoms with Crippen LogP contribution in [0.3, 0.4) is 0 Å². The molecule has 0 radical (unpaired) electrons. The summed E-state index contributed by atoms with van der Waals surface area (Å²) in [5, 5.41) is 0.310. The van der Waals surface area contributed by atoms with Crippen molar-refractivity contribution in [3.63, 3.8) is 0 Å². The van der Waals surface area contributed by atoms with Crippen LogP contribution >= 0.6 is 27.5 Å². The molecule has 0 bridgehead atoms. The largest absolute Gasteiger partial charge is 0.235 e. The summed E-state index contributed by atoms with van der Waals surface area (Å²) >= 11 is 9.00. The summed E-state index contributed by atoms with van der Waals surface area (Å²) in [6.45, 7) is 0. The van der Waals surface area contributed by atoms with Crippen LogP contribution in [-0.4, -0.2) is 9.97 Å². The van der Waals surface area contributed by atoms with Gasteiger partial charge in [-0.1, -0.05) is 23.7 Å². The average Bonchev–Trinajstić information content (AvgIpc) is 2.22. The van der Waals surface area contributed by atoms with Crippen molar-refractivity contribution in [3.05, 3.63) is 45.9 Å². The zero-order valence-electron chi connectivity index (χ0n) is 7.42. The van der Waals surface area contributed by atoms with Crippen LogP contribution in [0, 0.1) is 5.82 Å². The minimum atomic E-state index is -0.324. The summed E-state index contributed by atoms with van der Waals surface area (Å²) in [6, 6.07) is 6.05. The van der Waals surface area contributed by atoms with Gasteiger partial charge in [0.2, 0.25) is 0 Å². The maximum absolute atomic E-state index is 12.9. The fraction of sp³-hybridized carbons (Fsp3) is 0. The molecule has 5 heteroatoms. The second-order valence-corrected chi connectivity index (χ2v) is 4.06. The Hall–Kier alpha value is -1.00. The predicted octanol–water partition coefficient (Wildman–Crippen LogP) is 3.70. The molecule has 0 fully saturated rings. The molecule has 1 aromatic carbocycles. The van der Waals surface area contributed by atoms with Crippen LogP contribution in [0.2, 0.25) is 5.15 Å². The van der Waals surface area contributed by atoms with Gasteiger partial charge in [-0.15, -0.1) is 0 Å². The van der Waals surface area contributed by atoms with Gasteiger partial charge in [0.25, 0.3) is 0 Å². The molecule has 2 nitrogen and oxygen atoms in total. The molecule has 0 aliphatic heterocycles. The Morgan fingerprint density at radius 1 is 1.33 bits per heavy atom. The normalized spacial score (nSPS) is 10.3. The Bertz CT molecular complexity index is 505. The monoisotopic (exact) mass is 286 g/mol. The summed E-state index contributed by atoms with van der Waals surface area (Å²) < 4.78 is 13.5. The zero-order valence-corrected chi connectivity index (χ0v) is 9.76. The smallest absolute Gasteiger partial charge is 0.161 e. The average molecular weight is 288 g/mol. The van der Waals surface area contributed by atoms with Gasteiger partial charge in [-0.25, -0.2) is 14.4 Å². The van der Waals surface area contributed by atoms with E-state index < -0.39 is 0 Å². The second-order valence-electron chi connectivity index (χ2n) is 2.84. The third-order valence-corrected chi connectivity index (χ3v) is 2.88. The number of benzene rings is 1. The Morgan fingerprint density at radius 3 is 2.80 bits per heavy atom. The van der Waals surface area contributed by atoms with Gasteiger partial charge in [-0.05, 0) is 28.1 Å². The molecule has 0 saturated carbocycles. The maximum atomic E-state index is 12.9. The first-order chi connectivity index (χ1) is 7.16. The van der Waals surface area contributed by atoms with E-state index in [2.05, 4.69) is 25.9 Å². The SMILES string of the molecule is Fc1cccc(-c2ncc(Br)c(Cl)n2)c1. The van der Waals surface area contributed by atoms with Crippen LogP contribution in [0.5, 0.6) is 0 Å². The van der Waals surface area contributed by atoms with E-state index in [0.717, 1.165) is 0 Å². The molecule has 0 unspecified atom stereocenters. The van der Waals surface area contributed by atoms with Gasteiger partial charge in [0.05, 0.1) is 4.47 Å². The van der Waals surface area contributed by atoms with E-state index in [1.807, 2.05) is 0 Å². The lowest BCUT2D eigenvalue weighted by atomic mass is 10.2. The van der Waals surface area contributed by atoms with Gasteiger partial charge < -0.3 is 0 Å². The summed E-state index contributed by atoms with van der Waals surface area (Å²) in [7, 11) is 0. The van der Waals surface area contributed by atoms with Gasteiger partial charge in [-0.2, -0.15) is 0 Å². The number of halogens is 3. The molecule has 0 spiro atoms. The van der Waals surface area contributed by atoms with Gasteiger partial charge >= 0.3 is 0 Å². The minimum absolute atomic E-state index is 0.310. The lowest BCUT2D eigenvalue weighted by Gasteiger charge is -2.01. The Labute approximate surface area is 99.3 Å². The molecule has 2 aromatic rings. The molecule has 0 aliphatic rings. The first-order valence-corrected chi connectivity index (χ1v) is 5.28. The van der Waals surface area contributed by atoms with Crippen LogP contribution in [0.4, 0.5) is 4.39 Å². The number of hydrogen-bond acceptors (Lipinski definition) is 2. The van der Waals surface area contributed by atoms with Crippen LogP contribution in [-0.2, 0) is 0 Å². The summed E-state index contributed by atoms with van der Waals surface area (Å²) in [4.78, 5) is 8.07. The van der Waals surface area contributed by atoms with Crippen molar-refractivity contribution in [2.75, 3.05) is 0 Å². The highest BCUT2D eigenvalue weighted by Crippen LogP contribution is 2.23. The van der Waals surface area contributed by atoms with E-state index in [1.54, 1.807) is 12.1 Å². The van der Waals surface area contributed by atoms with Crippen molar-refractivity contribution in [2.45, 2.75) is 0 Å². The summed E-state index contributed by atoms with van der Waals surface area (Å²) in [5.41, 5.74) is 0.601. The molecule has 0 saturated heterocycles. The van der Waals surface area contributed by atoms with E-state index in [1.165, 1.54) is 18.3 Å². The highest BCUT2D eigenvalue weighted by atomic mass is 79.9. The molecule has 76 valence electrons. The first kappa shape index (κ1) is 10.5. The quantitative estimate of drug-likeness (QED) is 0.747. The molecule has 0 amide bonds. The number of aromatic nitrogens is 2. The van der Waals surface area contributed by atoms with Crippen molar-refractivity contribution in [3.8, 4) is 11.4 Å². The van der Waals surface area contributed by atoms with Crippen molar-refractivity contribution in [1.82, 2.24) is 9.97 Å². The Morgan fingerprint density at radius 2 is 2.13 bits per heavy atom. The van der Waals surface area contributed by atoms with Gasteiger partial charge in [0.1, 0.15) is 11.0 Å². The molecule has 2 rings (SSSR count).